The number of nitrogen functional groups attached to an aromatic ring is 1. The number of fused-ring (bicyclic) bond motifs is 1. The Labute approximate surface area is 117 Å². The highest BCUT2D eigenvalue weighted by Crippen LogP contribution is 2.25. The lowest BCUT2D eigenvalue weighted by atomic mass is 10.3. The number of anilines is 1. The highest BCUT2D eigenvalue weighted by atomic mass is 79.9. The monoisotopic (exact) mass is 323 g/mol. The minimum atomic E-state index is -0.323. The molecule has 0 fully saturated rings. The van der Waals surface area contributed by atoms with Crippen LogP contribution in [0.5, 0.6) is 0 Å². The third-order valence-electron chi connectivity index (χ3n) is 2.96. The molecule has 0 aliphatic heterocycles. The molecular weight excluding hydrogens is 313 g/mol. The van der Waals surface area contributed by atoms with Gasteiger partial charge in [-0.1, -0.05) is 0 Å². The molecule has 3 aromatic rings. The number of hydrogen-bond acceptors (Lipinski definition) is 3. The summed E-state index contributed by atoms with van der Waals surface area (Å²) < 4.78 is 17.7. The summed E-state index contributed by atoms with van der Waals surface area (Å²) in [6.45, 7) is 1.31. The van der Waals surface area contributed by atoms with Gasteiger partial charge in [0, 0.05) is 31.5 Å². The number of nitrogens with zero attached hydrogens (tertiary/aromatic N) is 4. The third-order valence-corrected chi connectivity index (χ3v) is 3.57. The number of rotatable bonds is 3. The van der Waals surface area contributed by atoms with Gasteiger partial charge in [0.2, 0.25) is 5.95 Å². The van der Waals surface area contributed by atoms with Gasteiger partial charge in [0.25, 0.3) is 0 Å². The van der Waals surface area contributed by atoms with E-state index in [0.717, 1.165) is 0 Å². The zero-order valence-corrected chi connectivity index (χ0v) is 11.5. The first-order valence-corrected chi connectivity index (χ1v) is 6.51. The largest absolute Gasteiger partial charge is 0.369 e. The molecule has 19 heavy (non-hydrogen) atoms. The van der Waals surface area contributed by atoms with Crippen molar-refractivity contribution in [3.63, 3.8) is 0 Å². The smallest absolute Gasteiger partial charge is 0.201 e. The normalized spacial score (nSPS) is 11.3. The molecule has 0 saturated heterocycles. The molecule has 2 aromatic heterocycles. The maximum absolute atomic E-state index is 13.6. The Hall–Kier alpha value is -1.89. The molecule has 3 rings (SSSR count). The van der Waals surface area contributed by atoms with Crippen molar-refractivity contribution >= 4 is 32.9 Å². The summed E-state index contributed by atoms with van der Waals surface area (Å²) in [5.41, 5.74) is 7.25. The van der Waals surface area contributed by atoms with Gasteiger partial charge in [-0.3, -0.25) is 0 Å². The maximum Gasteiger partial charge on any atom is 0.201 e. The number of halogens is 2. The summed E-state index contributed by atoms with van der Waals surface area (Å²) in [5.74, 6) is 0.0592. The van der Waals surface area contributed by atoms with Crippen LogP contribution in [0.15, 0.2) is 35.3 Å². The van der Waals surface area contributed by atoms with Crippen LogP contribution in [0.25, 0.3) is 11.0 Å². The van der Waals surface area contributed by atoms with E-state index in [1.54, 1.807) is 23.2 Å². The van der Waals surface area contributed by atoms with Gasteiger partial charge in [0.05, 0.1) is 21.8 Å². The lowest BCUT2D eigenvalue weighted by Crippen LogP contribution is -2.08. The van der Waals surface area contributed by atoms with Crippen molar-refractivity contribution < 1.29 is 4.39 Å². The van der Waals surface area contributed by atoms with Crippen LogP contribution in [0.4, 0.5) is 10.3 Å². The Balaban J connectivity index is 1.98. The van der Waals surface area contributed by atoms with Crippen LogP contribution in [-0.2, 0) is 13.1 Å². The molecule has 0 radical (unpaired) electrons. The van der Waals surface area contributed by atoms with Crippen LogP contribution in [0.1, 0.15) is 0 Å². The van der Waals surface area contributed by atoms with Crippen molar-refractivity contribution in [1.82, 2.24) is 19.1 Å². The van der Waals surface area contributed by atoms with Crippen molar-refractivity contribution in [2.24, 2.45) is 0 Å². The summed E-state index contributed by atoms with van der Waals surface area (Å²) in [4.78, 5) is 8.21. The van der Waals surface area contributed by atoms with Crippen molar-refractivity contribution in [3.05, 3.63) is 41.1 Å². The summed E-state index contributed by atoms with van der Waals surface area (Å²) in [6, 6.07) is 3.07. The third kappa shape index (κ3) is 2.21. The van der Waals surface area contributed by atoms with E-state index in [2.05, 4.69) is 25.9 Å². The van der Waals surface area contributed by atoms with Crippen LogP contribution in [0.2, 0.25) is 0 Å². The van der Waals surface area contributed by atoms with Crippen molar-refractivity contribution in [3.8, 4) is 0 Å². The quantitative estimate of drug-likeness (QED) is 0.805. The molecule has 0 atom stereocenters. The van der Waals surface area contributed by atoms with E-state index in [-0.39, 0.29) is 5.82 Å². The predicted octanol–water partition coefficient (Wildman–Crippen LogP) is 2.42. The van der Waals surface area contributed by atoms with E-state index in [0.29, 0.717) is 34.5 Å². The van der Waals surface area contributed by atoms with Crippen LogP contribution < -0.4 is 5.73 Å². The van der Waals surface area contributed by atoms with Crippen molar-refractivity contribution in [2.75, 3.05) is 5.73 Å². The Bertz CT molecular complexity index is 719. The Morgan fingerprint density at radius 3 is 2.89 bits per heavy atom. The first kappa shape index (κ1) is 12.2. The SMILES string of the molecule is Nc1nc2cc(Br)c(F)cc2n1CCn1ccnc1. The van der Waals surface area contributed by atoms with Gasteiger partial charge in [-0.05, 0) is 22.0 Å². The number of aryl methyl sites for hydroxylation is 2. The van der Waals surface area contributed by atoms with Crippen LogP contribution in [0.3, 0.4) is 0 Å². The average Bonchev–Trinajstić information content (AvgIpc) is 2.96. The van der Waals surface area contributed by atoms with E-state index in [9.17, 15) is 4.39 Å². The van der Waals surface area contributed by atoms with Gasteiger partial charge in [-0.2, -0.15) is 0 Å². The average molecular weight is 324 g/mol. The number of benzene rings is 1. The number of aromatic nitrogens is 4. The zero-order valence-electron chi connectivity index (χ0n) is 9.92. The maximum atomic E-state index is 13.6. The van der Waals surface area contributed by atoms with Gasteiger partial charge in [-0.25, -0.2) is 14.4 Å². The van der Waals surface area contributed by atoms with Gasteiger partial charge in [0.15, 0.2) is 0 Å². The van der Waals surface area contributed by atoms with Gasteiger partial charge >= 0.3 is 0 Å². The molecule has 2 heterocycles. The first-order valence-electron chi connectivity index (χ1n) is 5.71. The van der Waals surface area contributed by atoms with Crippen LogP contribution in [-0.4, -0.2) is 19.1 Å². The summed E-state index contributed by atoms with van der Waals surface area (Å²) in [7, 11) is 0. The molecule has 0 aliphatic carbocycles. The van der Waals surface area contributed by atoms with Crippen molar-refractivity contribution in [1.29, 1.82) is 0 Å². The molecule has 0 saturated carbocycles. The van der Waals surface area contributed by atoms with E-state index < -0.39 is 0 Å². The highest BCUT2D eigenvalue weighted by molar-refractivity contribution is 9.10. The second-order valence-electron chi connectivity index (χ2n) is 4.18. The van der Waals surface area contributed by atoms with Crippen LogP contribution >= 0.6 is 15.9 Å². The molecular formula is C12H11BrFN5. The molecule has 0 amide bonds. The highest BCUT2D eigenvalue weighted by Gasteiger charge is 2.11. The lowest BCUT2D eigenvalue weighted by Gasteiger charge is -2.07. The number of hydrogen-bond donors (Lipinski definition) is 1. The minimum Gasteiger partial charge on any atom is -0.369 e. The Kier molecular flexibility index (Phi) is 2.98. The Morgan fingerprint density at radius 2 is 2.16 bits per heavy atom. The molecule has 0 spiro atoms. The molecule has 0 unspecified atom stereocenters. The second-order valence-corrected chi connectivity index (χ2v) is 5.03. The second kappa shape index (κ2) is 4.65. The topological polar surface area (TPSA) is 61.7 Å². The summed E-state index contributed by atoms with van der Waals surface area (Å²) >= 11 is 3.14. The molecule has 7 heteroatoms. The summed E-state index contributed by atoms with van der Waals surface area (Å²) in [6.07, 6.45) is 5.31. The lowest BCUT2D eigenvalue weighted by molar-refractivity contribution is 0.591. The minimum absolute atomic E-state index is 0.323. The number of imidazole rings is 2. The van der Waals surface area contributed by atoms with E-state index in [4.69, 9.17) is 5.73 Å². The summed E-state index contributed by atoms with van der Waals surface area (Å²) in [5, 5.41) is 0. The fraction of sp³-hybridized carbons (Fsp3) is 0.167. The number of nitrogens with two attached hydrogens (primary N) is 1. The Morgan fingerprint density at radius 1 is 1.32 bits per heavy atom. The van der Waals surface area contributed by atoms with Gasteiger partial charge in [-0.15, -0.1) is 0 Å². The fourth-order valence-corrected chi connectivity index (χ4v) is 2.34. The van der Waals surface area contributed by atoms with Gasteiger partial charge in [0.1, 0.15) is 5.82 Å². The van der Waals surface area contributed by atoms with E-state index in [1.165, 1.54) is 6.07 Å². The molecule has 2 N–H and O–H groups in total. The molecule has 5 nitrogen and oxygen atoms in total. The van der Waals surface area contributed by atoms with Crippen molar-refractivity contribution in [2.45, 2.75) is 13.1 Å². The zero-order chi connectivity index (χ0) is 13.4. The van der Waals surface area contributed by atoms with Crippen LogP contribution in [0, 0.1) is 5.82 Å². The standard InChI is InChI=1S/C12H11BrFN5/c13-8-5-10-11(6-9(8)14)19(12(15)17-10)4-3-18-2-1-16-7-18/h1-2,5-7H,3-4H2,(H2,15,17). The molecule has 0 bridgehead atoms. The van der Waals surface area contributed by atoms with Gasteiger partial charge < -0.3 is 14.9 Å². The first-order chi connectivity index (χ1) is 9.15. The molecule has 1 aromatic carbocycles. The predicted molar refractivity (Wildman–Crippen MR) is 74.0 cm³/mol. The van der Waals surface area contributed by atoms with E-state index in [1.807, 2.05) is 10.8 Å². The fourth-order valence-electron chi connectivity index (χ4n) is 2.01. The molecule has 98 valence electrons. The van der Waals surface area contributed by atoms with E-state index >= 15 is 0 Å². The molecule has 0 aliphatic rings.